The maximum absolute atomic E-state index is 12.0. The summed E-state index contributed by atoms with van der Waals surface area (Å²) in [7, 11) is 2.16. The fourth-order valence-corrected chi connectivity index (χ4v) is 2.88. The Morgan fingerprint density at radius 3 is 2.61 bits per heavy atom. The van der Waals surface area contributed by atoms with Crippen LogP contribution in [0.2, 0.25) is 0 Å². The fraction of sp³-hybridized carbons (Fsp3) is 0.647. The molecule has 1 fully saturated rings. The number of pyridine rings is 1. The highest BCUT2D eigenvalue weighted by atomic mass is 16.2. The van der Waals surface area contributed by atoms with Crippen molar-refractivity contribution in [3.8, 4) is 0 Å². The molecule has 0 unspecified atom stereocenters. The summed E-state index contributed by atoms with van der Waals surface area (Å²) < 4.78 is 0. The molecule has 1 aliphatic rings. The SMILES string of the molecule is CC(C)[C@@H](CNC(=O)NCc1cccnc1)N1CCN(C)CC1. The van der Waals surface area contributed by atoms with Crippen molar-refractivity contribution in [1.29, 1.82) is 0 Å². The summed E-state index contributed by atoms with van der Waals surface area (Å²) in [6.45, 7) is 9.95. The minimum absolute atomic E-state index is 0.117. The number of urea groups is 1. The molecule has 0 saturated carbocycles. The van der Waals surface area contributed by atoms with Crippen molar-refractivity contribution in [2.75, 3.05) is 39.8 Å². The number of aromatic nitrogens is 1. The summed E-state index contributed by atoms with van der Waals surface area (Å²) in [6, 6.07) is 4.09. The van der Waals surface area contributed by atoms with E-state index >= 15 is 0 Å². The van der Waals surface area contributed by atoms with Crippen LogP contribution in [-0.2, 0) is 6.54 Å². The minimum Gasteiger partial charge on any atom is -0.337 e. The Bertz CT molecular complexity index is 471. The van der Waals surface area contributed by atoms with Crippen LogP contribution >= 0.6 is 0 Å². The number of hydrogen-bond acceptors (Lipinski definition) is 4. The molecule has 23 heavy (non-hydrogen) atoms. The molecule has 0 aliphatic carbocycles. The van der Waals surface area contributed by atoms with Crippen LogP contribution < -0.4 is 10.6 Å². The zero-order chi connectivity index (χ0) is 16.7. The van der Waals surface area contributed by atoms with E-state index in [9.17, 15) is 4.79 Å². The molecule has 128 valence electrons. The Kier molecular flexibility index (Phi) is 6.80. The smallest absolute Gasteiger partial charge is 0.315 e. The molecule has 1 saturated heterocycles. The van der Waals surface area contributed by atoms with E-state index in [-0.39, 0.29) is 6.03 Å². The van der Waals surface area contributed by atoms with Crippen LogP contribution in [0.4, 0.5) is 4.79 Å². The summed E-state index contributed by atoms with van der Waals surface area (Å²) in [5, 5.41) is 5.90. The maximum atomic E-state index is 12.0. The summed E-state index contributed by atoms with van der Waals surface area (Å²) in [5.74, 6) is 0.511. The second-order valence-corrected chi connectivity index (χ2v) is 6.58. The number of rotatable bonds is 6. The van der Waals surface area contributed by atoms with Crippen molar-refractivity contribution in [3.05, 3.63) is 30.1 Å². The van der Waals surface area contributed by atoms with Crippen molar-refractivity contribution in [2.45, 2.75) is 26.4 Å². The van der Waals surface area contributed by atoms with Crippen LogP contribution in [0.3, 0.4) is 0 Å². The summed E-state index contributed by atoms with van der Waals surface area (Å²) >= 11 is 0. The van der Waals surface area contributed by atoms with E-state index in [1.165, 1.54) is 0 Å². The molecular formula is C17H29N5O. The number of nitrogens with zero attached hydrogens (tertiary/aromatic N) is 3. The first-order chi connectivity index (χ1) is 11.1. The lowest BCUT2D eigenvalue weighted by Gasteiger charge is -2.39. The van der Waals surface area contributed by atoms with Crippen LogP contribution in [0.15, 0.2) is 24.5 Å². The van der Waals surface area contributed by atoms with Gasteiger partial charge in [-0.1, -0.05) is 19.9 Å². The third-order valence-corrected chi connectivity index (χ3v) is 4.42. The lowest BCUT2D eigenvalue weighted by molar-refractivity contribution is 0.0887. The van der Waals surface area contributed by atoms with Gasteiger partial charge in [0.15, 0.2) is 0 Å². The van der Waals surface area contributed by atoms with Gasteiger partial charge >= 0.3 is 6.03 Å². The standard InChI is InChI=1S/C17H29N5O/c1-14(2)16(22-9-7-21(3)8-10-22)13-20-17(23)19-12-15-5-4-6-18-11-15/h4-6,11,14,16H,7-10,12-13H2,1-3H3,(H2,19,20,23)/t16-/m1/s1. The average molecular weight is 319 g/mol. The van der Waals surface area contributed by atoms with Crippen molar-refractivity contribution in [3.63, 3.8) is 0 Å². The Labute approximate surface area is 139 Å². The monoisotopic (exact) mass is 319 g/mol. The molecule has 6 heteroatoms. The molecule has 2 N–H and O–H groups in total. The van der Waals surface area contributed by atoms with Crippen molar-refractivity contribution in [1.82, 2.24) is 25.4 Å². The second kappa shape index (κ2) is 8.84. The number of amides is 2. The number of carbonyl (C=O) groups is 1. The van der Waals surface area contributed by atoms with E-state index in [4.69, 9.17) is 0 Å². The molecule has 1 aromatic rings. The highest BCUT2D eigenvalue weighted by Gasteiger charge is 2.25. The average Bonchev–Trinajstić information content (AvgIpc) is 2.55. The molecule has 0 bridgehead atoms. The normalized spacial score (nSPS) is 17.9. The minimum atomic E-state index is -0.117. The molecule has 2 amide bonds. The van der Waals surface area contributed by atoms with Gasteiger partial charge in [0.05, 0.1) is 0 Å². The lowest BCUT2D eigenvalue weighted by Crippen LogP contribution is -2.54. The van der Waals surface area contributed by atoms with Gasteiger partial charge in [-0.25, -0.2) is 4.79 Å². The summed E-state index contributed by atoms with van der Waals surface area (Å²) in [5.41, 5.74) is 1.00. The van der Waals surface area contributed by atoms with Crippen molar-refractivity contribution < 1.29 is 4.79 Å². The summed E-state index contributed by atoms with van der Waals surface area (Å²) in [4.78, 5) is 20.9. The Morgan fingerprint density at radius 1 is 1.26 bits per heavy atom. The zero-order valence-corrected chi connectivity index (χ0v) is 14.5. The molecular weight excluding hydrogens is 290 g/mol. The predicted molar refractivity (Wildman–Crippen MR) is 92.2 cm³/mol. The van der Waals surface area contributed by atoms with E-state index < -0.39 is 0 Å². The van der Waals surface area contributed by atoms with Gasteiger partial charge in [0.2, 0.25) is 0 Å². The van der Waals surface area contributed by atoms with E-state index in [1.54, 1.807) is 12.4 Å². The van der Waals surface area contributed by atoms with Gasteiger partial charge in [0.25, 0.3) is 0 Å². The number of hydrogen-bond donors (Lipinski definition) is 2. The molecule has 1 atom stereocenters. The first-order valence-corrected chi connectivity index (χ1v) is 8.39. The number of piperazine rings is 1. The van der Waals surface area contributed by atoms with Crippen molar-refractivity contribution in [2.24, 2.45) is 5.92 Å². The molecule has 2 rings (SSSR count). The van der Waals surface area contributed by atoms with Crippen molar-refractivity contribution >= 4 is 6.03 Å². The first kappa shape index (κ1) is 17.7. The quantitative estimate of drug-likeness (QED) is 0.826. The number of nitrogens with one attached hydrogen (secondary N) is 2. The van der Waals surface area contributed by atoms with Gasteiger partial charge < -0.3 is 15.5 Å². The third-order valence-electron chi connectivity index (χ3n) is 4.42. The van der Waals surface area contributed by atoms with Gasteiger partial charge in [-0.05, 0) is 24.6 Å². The molecule has 2 heterocycles. The predicted octanol–water partition coefficient (Wildman–Crippen LogP) is 1.15. The molecule has 1 aliphatic heterocycles. The Balaban J connectivity index is 1.76. The largest absolute Gasteiger partial charge is 0.337 e. The van der Waals surface area contributed by atoms with E-state index in [2.05, 4.69) is 46.3 Å². The molecule has 1 aromatic heterocycles. The lowest BCUT2D eigenvalue weighted by atomic mass is 10.0. The van der Waals surface area contributed by atoms with Crippen LogP contribution in [0, 0.1) is 5.92 Å². The highest BCUT2D eigenvalue weighted by molar-refractivity contribution is 5.73. The van der Waals surface area contributed by atoms with Crippen LogP contribution in [0.25, 0.3) is 0 Å². The third kappa shape index (κ3) is 5.80. The first-order valence-electron chi connectivity index (χ1n) is 8.39. The van der Waals surface area contributed by atoms with Gasteiger partial charge in [-0.2, -0.15) is 0 Å². The van der Waals surface area contributed by atoms with Crippen LogP contribution in [0.5, 0.6) is 0 Å². The fourth-order valence-electron chi connectivity index (χ4n) is 2.88. The number of carbonyl (C=O) groups excluding carboxylic acids is 1. The second-order valence-electron chi connectivity index (χ2n) is 6.58. The van der Waals surface area contributed by atoms with Gasteiger partial charge in [-0.15, -0.1) is 0 Å². The molecule has 0 radical (unpaired) electrons. The van der Waals surface area contributed by atoms with Gasteiger partial charge in [-0.3, -0.25) is 9.88 Å². The van der Waals surface area contributed by atoms with Gasteiger partial charge in [0.1, 0.15) is 0 Å². The Morgan fingerprint density at radius 2 is 2.00 bits per heavy atom. The van der Waals surface area contributed by atoms with Crippen LogP contribution in [-0.4, -0.2) is 66.6 Å². The molecule has 6 nitrogen and oxygen atoms in total. The maximum Gasteiger partial charge on any atom is 0.315 e. The topological polar surface area (TPSA) is 60.5 Å². The Hall–Kier alpha value is -1.66. The molecule has 0 aromatic carbocycles. The number of likely N-dealkylation sites (N-methyl/N-ethyl adjacent to an activating group) is 1. The zero-order valence-electron chi connectivity index (χ0n) is 14.5. The van der Waals surface area contributed by atoms with E-state index in [0.717, 1.165) is 31.7 Å². The van der Waals surface area contributed by atoms with E-state index in [1.807, 2.05) is 12.1 Å². The molecule has 0 spiro atoms. The summed E-state index contributed by atoms with van der Waals surface area (Å²) in [6.07, 6.45) is 3.49. The van der Waals surface area contributed by atoms with Crippen LogP contribution in [0.1, 0.15) is 19.4 Å². The highest BCUT2D eigenvalue weighted by Crippen LogP contribution is 2.12. The van der Waals surface area contributed by atoms with E-state index in [0.29, 0.717) is 25.0 Å². The van der Waals surface area contributed by atoms with Gasteiger partial charge in [0, 0.05) is 57.7 Å².